The summed E-state index contributed by atoms with van der Waals surface area (Å²) in [5.41, 5.74) is 0.942. The van der Waals surface area contributed by atoms with Crippen molar-refractivity contribution >= 4 is 5.69 Å². The molecular formula is C7H7NO2. The Balaban J connectivity index is 2.52. The van der Waals surface area contributed by atoms with E-state index in [1.807, 2.05) is 0 Å². The fourth-order valence-corrected chi connectivity index (χ4v) is 0.968. The number of phenols is 1. The van der Waals surface area contributed by atoms with Crippen molar-refractivity contribution in [2.45, 2.75) is 0 Å². The van der Waals surface area contributed by atoms with E-state index in [1.165, 1.54) is 0 Å². The molecule has 1 aromatic carbocycles. The number of phenolic OH excluding ortho intramolecular Hbond substituents is 1. The lowest BCUT2D eigenvalue weighted by molar-refractivity contribution is 0.369. The summed E-state index contributed by atoms with van der Waals surface area (Å²) in [6, 6.07) is 5.01. The van der Waals surface area contributed by atoms with Gasteiger partial charge in [-0.3, -0.25) is 0 Å². The Bertz CT molecular complexity index is 260. The summed E-state index contributed by atoms with van der Waals surface area (Å²) in [7, 11) is 0. The van der Waals surface area contributed by atoms with E-state index in [4.69, 9.17) is 9.84 Å². The molecule has 2 N–H and O–H groups in total. The highest BCUT2D eigenvalue weighted by Crippen LogP contribution is 2.31. The molecule has 2 rings (SSSR count). The summed E-state index contributed by atoms with van der Waals surface area (Å²) in [5, 5.41) is 12.0. The number of fused-ring (bicyclic) bond motifs is 1. The summed E-state index contributed by atoms with van der Waals surface area (Å²) in [5.74, 6) is 0.961. The fraction of sp³-hybridized carbons (Fsp3) is 0.143. The smallest absolute Gasteiger partial charge is 0.159 e. The molecule has 0 saturated carbocycles. The first-order valence-corrected chi connectivity index (χ1v) is 3.06. The van der Waals surface area contributed by atoms with Gasteiger partial charge < -0.3 is 15.2 Å². The normalized spacial score (nSPS) is 13.6. The Morgan fingerprint density at radius 3 is 3.30 bits per heavy atom. The number of anilines is 1. The standard InChI is InChI=1S/C7H7NO2/c9-5-1-2-6-7(3-5)10-4-8-6/h1-3,8-9H,4H2. The minimum Gasteiger partial charge on any atom is -0.508 e. The Morgan fingerprint density at radius 1 is 1.50 bits per heavy atom. The van der Waals surface area contributed by atoms with Crippen LogP contribution in [0.25, 0.3) is 0 Å². The molecule has 52 valence electrons. The molecule has 3 nitrogen and oxygen atoms in total. The molecule has 0 saturated heterocycles. The number of nitrogens with one attached hydrogen (secondary N) is 1. The predicted molar refractivity (Wildman–Crippen MR) is 37.2 cm³/mol. The Hall–Kier alpha value is -1.38. The lowest BCUT2D eigenvalue weighted by Crippen LogP contribution is -1.96. The van der Waals surface area contributed by atoms with Crippen LogP contribution in [-0.2, 0) is 0 Å². The van der Waals surface area contributed by atoms with E-state index in [1.54, 1.807) is 18.2 Å². The van der Waals surface area contributed by atoms with Gasteiger partial charge >= 0.3 is 0 Å². The minimum atomic E-state index is 0.238. The van der Waals surface area contributed by atoms with Gasteiger partial charge in [0.1, 0.15) is 11.5 Å². The molecule has 0 fully saturated rings. The number of ether oxygens (including phenoxy) is 1. The van der Waals surface area contributed by atoms with Gasteiger partial charge in [0, 0.05) is 6.07 Å². The van der Waals surface area contributed by atoms with Crippen molar-refractivity contribution in [3.63, 3.8) is 0 Å². The summed E-state index contributed by atoms with van der Waals surface area (Å²) in [6.45, 7) is 0.499. The third-order valence-corrected chi connectivity index (χ3v) is 1.46. The van der Waals surface area contributed by atoms with Crippen LogP contribution in [0.1, 0.15) is 0 Å². The molecule has 10 heavy (non-hydrogen) atoms. The summed E-state index contributed by atoms with van der Waals surface area (Å²) < 4.78 is 5.11. The van der Waals surface area contributed by atoms with Crippen LogP contribution in [0.3, 0.4) is 0 Å². The number of hydrogen-bond acceptors (Lipinski definition) is 3. The van der Waals surface area contributed by atoms with E-state index < -0.39 is 0 Å². The van der Waals surface area contributed by atoms with Crippen LogP contribution in [0, 0.1) is 0 Å². The highest BCUT2D eigenvalue weighted by molar-refractivity contribution is 5.61. The predicted octanol–water partition coefficient (Wildman–Crippen LogP) is 1.15. The first-order valence-electron chi connectivity index (χ1n) is 3.06. The number of rotatable bonds is 0. The SMILES string of the molecule is Oc1ccc2c(c1)OCN2. The molecule has 1 aliphatic rings. The molecule has 1 heterocycles. The van der Waals surface area contributed by atoms with Gasteiger partial charge in [-0.05, 0) is 12.1 Å². The Kier molecular flexibility index (Phi) is 0.974. The minimum absolute atomic E-state index is 0.238. The zero-order valence-corrected chi connectivity index (χ0v) is 5.29. The van der Waals surface area contributed by atoms with E-state index in [0.717, 1.165) is 11.4 Å². The third kappa shape index (κ3) is 0.673. The van der Waals surface area contributed by atoms with Crippen LogP contribution < -0.4 is 10.1 Å². The molecule has 0 atom stereocenters. The molecule has 0 aliphatic carbocycles. The number of hydrogen-bond donors (Lipinski definition) is 2. The molecule has 0 spiro atoms. The largest absolute Gasteiger partial charge is 0.508 e. The maximum Gasteiger partial charge on any atom is 0.159 e. The Morgan fingerprint density at radius 2 is 2.40 bits per heavy atom. The van der Waals surface area contributed by atoms with Crippen LogP contribution in [0.4, 0.5) is 5.69 Å². The highest BCUT2D eigenvalue weighted by Gasteiger charge is 2.09. The van der Waals surface area contributed by atoms with Crippen molar-refractivity contribution in [3.8, 4) is 11.5 Å². The van der Waals surface area contributed by atoms with Gasteiger partial charge in [0.2, 0.25) is 0 Å². The lowest BCUT2D eigenvalue weighted by atomic mass is 10.3. The van der Waals surface area contributed by atoms with Gasteiger partial charge in [-0.1, -0.05) is 0 Å². The van der Waals surface area contributed by atoms with Crippen molar-refractivity contribution in [1.29, 1.82) is 0 Å². The van der Waals surface area contributed by atoms with Crippen LogP contribution in [-0.4, -0.2) is 11.8 Å². The molecule has 0 bridgehead atoms. The van der Waals surface area contributed by atoms with Crippen LogP contribution in [0.15, 0.2) is 18.2 Å². The second kappa shape index (κ2) is 1.80. The van der Waals surface area contributed by atoms with Crippen molar-refractivity contribution in [1.82, 2.24) is 0 Å². The Labute approximate surface area is 58.2 Å². The summed E-state index contributed by atoms with van der Waals surface area (Å²) in [6.07, 6.45) is 0. The number of benzene rings is 1. The highest BCUT2D eigenvalue weighted by atomic mass is 16.5. The molecule has 0 amide bonds. The quantitative estimate of drug-likeness (QED) is 0.527. The van der Waals surface area contributed by atoms with Crippen molar-refractivity contribution < 1.29 is 9.84 Å². The number of aromatic hydroxyl groups is 1. The second-order valence-electron chi connectivity index (χ2n) is 2.15. The van der Waals surface area contributed by atoms with Crippen molar-refractivity contribution in [3.05, 3.63) is 18.2 Å². The monoisotopic (exact) mass is 137 g/mol. The molecule has 0 aromatic heterocycles. The van der Waals surface area contributed by atoms with Crippen molar-refractivity contribution in [2.24, 2.45) is 0 Å². The molecule has 1 aliphatic heterocycles. The molecule has 0 radical (unpaired) electrons. The molecular weight excluding hydrogens is 130 g/mol. The maximum atomic E-state index is 8.99. The van der Waals surface area contributed by atoms with E-state index in [0.29, 0.717) is 6.73 Å². The van der Waals surface area contributed by atoms with E-state index in [9.17, 15) is 0 Å². The zero-order valence-electron chi connectivity index (χ0n) is 5.29. The van der Waals surface area contributed by atoms with Gasteiger partial charge in [0.05, 0.1) is 5.69 Å². The fourth-order valence-electron chi connectivity index (χ4n) is 0.968. The molecule has 0 unspecified atom stereocenters. The second-order valence-corrected chi connectivity index (χ2v) is 2.15. The zero-order chi connectivity index (χ0) is 6.97. The first kappa shape index (κ1) is 5.41. The van der Waals surface area contributed by atoms with Crippen molar-refractivity contribution in [2.75, 3.05) is 12.0 Å². The van der Waals surface area contributed by atoms with Gasteiger partial charge in [-0.25, -0.2) is 0 Å². The molecule has 1 aromatic rings. The topological polar surface area (TPSA) is 41.5 Å². The van der Waals surface area contributed by atoms with Gasteiger partial charge in [0.15, 0.2) is 6.73 Å². The maximum absolute atomic E-state index is 8.99. The van der Waals surface area contributed by atoms with Crippen LogP contribution >= 0.6 is 0 Å². The summed E-state index contributed by atoms with van der Waals surface area (Å²) >= 11 is 0. The average molecular weight is 137 g/mol. The van der Waals surface area contributed by atoms with E-state index >= 15 is 0 Å². The summed E-state index contributed by atoms with van der Waals surface area (Å²) in [4.78, 5) is 0. The van der Waals surface area contributed by atoms with Gasteiger partial charge in [0.25, 0.3) is 0 Å². The van der Waals surface area contributed by atoms with Crippen LogP contribution in [0.2, 0.25) is 0 Å². The van der Waals surface area contributed by atoms with E-state index in [2.05, 4.69) is 5.32 Å². The third-order valence-electron chi connectivity index (χ3n) is 1.46. The van der Waals surface area contributed by atoms with E-state index in [-0.39, 0.29) is 5.75 Å². The first-order chi connectivity index (χ1) is 4.86. The van der Waals surface area contributed by atoms with Gasteiger partial charge in [-0.2, -0.15) is 0 Å². The lowest BCUT2D eigenvalue weighted by Gasteiger charge is -1.95. The van der Waals surface area contributed by atoms with Gasteiger partial charge in [-0.15, -0.1) is 0 Å². The van der Waals surface area contributed by atoms with Crippen LogP contribution in [0.5, 0.6) is 11.5 Å². The molecule has 3 heteroatoms. The average Bonchev–Trinajstić information content (AvgIpc) is 2.33.